The number of alkyl halides is 2. The molecule has 1 aromatic heterocycles. The number of benzene rings is 2. The number of nitrogens with one attached hydrogen (secondary N) is 2. The summed E-state index contributed by atoms with van der Waals surface area (Å²) in [6, 6.07) is 14.3. The number of aromatic nitrogens is 1. The molecule has 1 aliphatic rings. The van der Waals surface area contributed by atoms with Crippen LogP contribution < -0.4 is 20.1 Å². The first-order valence-corrected chi connectivity index (χ1v) is 10.2. The van der Waals surface area contributed by atoms with Gasteiger partial charge in [0.25, 0.3) is 5.91 Å². The number of fused-ring (bicyclic) bond motifs is 1. The van der Waals surface area contributed by atoms with Crippen molar-refractivity contribution in [3.05, 3.63) is 59.7 Å². The molecule has 4 rings (SSSR count). The number of hydrogen-bond donors (Lipinski definition) is 2. The summed E-state index contributed by atoms with van der Waals surface area (Å²) in [6.07, 6.45) is 2.01. The van der Waals surface area contributed by atoms with Crippen molar-refractivity contribution in [3.8, 4) is 11.5 Å². The number of pyridine rings is 1. The molecular formula is C23H23F2N3O3. The molecule has 2 N–H and O–H groups in total. The highest BCUT2D eigenvalue weighted by Gasteiger charge is 2.25. The summed E-state index contributed by atoms with van der Waals surface area (Å²) in [7, 11) is 0. The maximum Gasteiger partial charge on any atom is 0.387 e. The van der Waals surface area contributed by atoms with E-state index in [-0.39, 0.29) is 23.4 Å². The van der Waals surface area contributed by atoms with Gasteiger partial charge in [-0.25, -0.2) is 4.98 Å². The van der Waals surface area contributed by atoms with Gasteiger partial charge in [0.2, 0.25) is 0 Å². The molecule has 8 heteroatoms. The molecule has 31 heavy (non-hydrogen) atoms. The molecule has 1 heterocycles. The molecule has 0 radical (unpaired) electrons. The smallest absolute Gasteiger partial charge is 0.387 e. The third-order valence-electron chi connectivity index (χ3n) is 4.87. The van der Waals surface area contributed by atoms with Crippen molar-refractivity contribution < 1.29 is 23.0 Å². The second-order valence-electron chi connectivity index (χ2n) is 7.27. The summed E-state index contributed by atoms with van der Waals surface area (Å²) >= 11 is 0. The highest BCUT2D eigenvalue weighted by Crippen LogP contribution is 2.30. The second-order valence-corrected chi connectivity index (χ2v) is 7.27. The molecule has 0 spiro atoms. The van der Waals surface area contributed by atoms with Gasteiger partial charge in [-0.3, -0.25) is 4.79 Å². The highest BCUT2D eigenvalue weighted by atomic mass is 19.3. The number of rotatable bonds is 9. The van der Waals surface area contributed by atoms with E-state index in [9.17, 15) is 13.6 Å². The Morgan fingerprint density at radius 3 is 2.71 bits per heavy atom. The number of hydrogen-bond acceptors (Lipinski definition) is 5. The fraction of sp³-hybridized carbons (Fsp3) is 0.304. The largest absolute Gasteiger partial charge is 0.490 e. The Morgan fingerprint density at radius 2 is 1.97 bits per heavy atom. The number of halogens is 2. The lowest BCUT2D eigenvalue weighted by Crippen LogP contribution is -2.25. The average molecular weight is 427 g/mol. The third kappa shape index (κ3) is 5.20. The van der Waals surface area contributed by atoms with Crippen molar-refractivity contribution in [2.45, 2.75) is 39.0 Å². The Bertz CT molecular complexity index is 1090. The molecule has 2 aromatic carbocycles. The number of carbonyl (C=O) groups excluding carboxylic acids is 1. The minimum absolute atomic E-state index is 0.0107. The molecule has 3 aromatic rings. The molecule has 1 aliphatic carbocycles. The van der Waals surface area contributed by atoms with Crippen molar-refractivity contribution in [1.82, 2.24) is 10.3 Å². The van der Waals surface area contributed by atoms with E-state index in [1.54, 1.807) is 25.1 Å². The Morgan fingerprint density at radius 1 is 1.16 bits per heavy atom. The highest BCUT2D eigenvalue weighted by molar-refractivity contribution is 6.07. The number of amides is 1. The van der Waals surface area contributed by atoms with Crippen LogP contribution in [0, 0.1) is 0 Å². The zero-order chi connectivity index (χ0) is 21.8. The molecule has 0 saturated heterocycles. The van der Waals surface area contributed by atoms with Gasteiger partial charge in [0, 0.05) is 18.0 Å². The van der Waals surface area contributed by atoms with Gasteiger partial charge in [-0.15, -0.1) is 0 Å². The predicted molar refractivity (Wildman–Crippen MR) is 114 cm³/mol. The van der Waals surface area contributed by atoms with E-state index in [2.05, 4.69) is 20.4 Å². The summed E-state index contributed by atoms with van der Waals surface area (Å²) in [6.45, 7) is -0.471. The number of carbonyl (C=O) groups is 1. The van der Waals surface area contributed by atoms with Crippen LogP contribution in [-0.2, 0) is 6.54 Å². The van der Waals surface area contributed by atoms with Crippen LogP contribution in [0.4, 0.5) is 14.6 Å². The van der Waals surface area contributed by atoms with E-state index in [4.69, 9.17) is 4.74 Å². The van der Waals surface area contributed by atoms with Crippen LogP contribution in [0.25, 0.3) is 10.9 Å². The average Bonchev–Trinajstić information content (AvgIpc) is 3.57. The lowest BCUT2D eigenvalue weighted by atomic mass is 10.1. The predicted octanol–water partition coefficient (Wildman–Crippen LogP) is 4.74. The third-order valence-corrected chi connectivity index (χ3v) is 4.87. The molecule has 0 unspecified atom stereocenters. The summed E-state index contributed by atoms with van der Waals surface area (Å²) in [4.78, 5) is 17.3. The molecule has 0 aliphatic heterocycles. The van der Waals surface area contributed by atoms with Gasteiger partial charge in [-0.2, -0.15) is 8.78 Å². The minimum atomic E-state index is -2.93. The van der Waals surface area contributed by atoms with Gasteiger partial charge in [0.1, 0.15) is 5.82 Å². The number of ether oxygens (including phenoxy) is 2. The standard InChI is InChI=1S/C23H23F2N3O3/c1-2-30-20-11-14(7-10-19(20)31-23(24)25)13-26-21-12-17(22(29)27-15-8-9-15)16-5-3-4-6-18(16)28-21/h3-7,10-12,15,23H,2,8-9,13H2,1H3,(H,26,28)(H,27,29). The van der Waals surface area contributed by atoms with Gasteiger partial charge < -0.3 is 20.1 Å². The number of nitrogens with zero attached hydrogens (tertiary/aromatic N) is 1. The van der Waals surface area contributed by atoms with Crippen LogP contribution in [0.3, 0.4) is 0 Å². The van der Waals surface area contributed by atoms with E-state index in [1.807, 2.05) is 24.3 Å². The lowest BCUT2D eigenvalue weighted by molar-refractivity contribution is -0.0514. The first kappa shape index (κ1) is 20.8. The molecule has 6 nitrogen and oxygen atoms in total. The molecule has 1 amide bonds. The van der Waals surface area contributed by atoms with Gasteiger partial charge in [0.05, 0.1) is 17.7 Å². The SMILES string of the molecule is CCOc1cc(CNc2cc(C(=O)NC3CC3)c3ccccc3n2)ccc1OC(F)F. The van der Waals surface area contributed by atoms with Gasteiger partial charge >= 0.3 is 6.61 Å². The van der Waals surface area contributed by atoms with E-state index in [0.29, 0.717) is 30.0 Å². The normalized spacial score (nSPS) is 13.3. The summed E-state index contributed by atoms with van der Waals surface area (Å²) in [5.41, 5.74) is 2.07. The van der Waals surface area contributed by atoms with E-state index < -0.39 is 6.61 Å². The lowest BCUT2D eigenvalue weighted by Gasteiger charge is -2.14. The van der Waals surface area contributed by atoms with Crippen molar-refractivity contribution in [3.63, 3.8) is 0 Å². The number of anilines is 1. The molecule has 162 valence electrons. The van der Waals surface area contributed by atoms with Crippen LogP contribution in [-0.4, -0.2) is 30.2 Å². The van der Waals surface area contributed by atoms with Crippen LogP contribution in [0.15, 0.2) is 48.5 Å². The summed E-state index contributed by atoms with van der Waals surface area (Å²) in [5.74, 6) is 0.670. The van der Waals surface area contributed by atoms with Gasteiger partial charge in [0.15, 0.2) is 11.5 Å². The quantitative estimate of drug-likeness (QED) is 0.516. The Kier molecular flexibility index (Phi) is 6.16. The molecule has 0 bridgehead atoms. The van der Waals surface area contributed by atoms with Crippen molar-refractivity contribution in [1.29, 1.82) is 0 Å². The van der Waals surface area contributed by atoms with Crippen molar-refractivity contribution >= 4 is 22.6 Å². The number of para-hydroxylation sites is 1. The molecule has 0 atom stereocenters. The minimum Gasteiger partial charge on any atom is -0.490 e. The van der Waals surface area contributed by atoms with Crippen molar-refractivity contribution in [2.75, 3.05) is 11.9 Å². The second kappa shape index (κ2) is 9.16. The Labute approximate surface area is 178 Å². The maximum absolute atomic E-state index is 12.7. The van der Waals surface area contributed by atoms with Gasteiger partial charge in [-0.05, 0) is 49.6 Å². The zero-order valence-electron chi connectivity index (χ0n) is 17.0. The summed E-state index contributed by atoms with van der Waals surface area (Å²) in [5, 5.41) is 7.02. The molecule has 1 fully saturated rings. The van der Waals surface area contributed by atoms with Gasteiger partial charge in [-0.1, -0.05) is 24.3 Å². The van der Waals surface area contributed by atoms with Crippen LogP contribution in [0.1, 0.15) is 35.7 Å². The molecule has 1 saturated carbocycles. The Hall–Kier alpha value is -3.42. The van der Waals surface area contributed by atoms with E-state index in [0.717, 1.165) is 23.8 Å². The van der Waals surface area contributed by atoms with Crippen LogP contribution >= 0.6 is 0 Å². The van der Waals surface area contributed by atoms with E-state index in [1.165, 1.54) is 6.07 Å². The Balaban J connectivity index is 1.56. The zero-order valence-corrected chi connectivity index (χ0v) is 17.0. The monoisotopic (exact) mass is 427 g/mol. The fourth-order valence-electron chi connectivity index (χ4n) is 3.26. The topological polar surface area (TPSA) is 72.5 Å². The maximum atomic E-state index is 12.7. The first-order chi connectivity index (χ1) is 15.0. The van der Waals surface area contributed by atoms with Crippen LogP contribution in [0.2, 0.25) is 0 Å². The fourth-order valence-corrected chi connectivity index (χ4v) is 3.26. The first-order valence-electron chi connectivity index (χ1n) is 10.2. The summed E-state index contributed by atoms with van der Waals surface area (Å²) < 4.78 is 35.1. The van der Waals surface area contributed by atoms with Crippen molar-refractivity contribution in [2.24, 2.45) is 0 Å². The van der Waals surface area contributed by atoms with Crippen LogP contribution in [0.5, 0.6) is 11.5 Å². The van der Waals surface area contributed by atoms with E-state index >= 15 is 0 Å². The molecular weight excluding hydrogens is 404 g/mol.